The van der Waals surface area contributed by atoms with Gasteiger partial charge in [0, 0.05) is 25.0 Å². The number of nitrogens with two attached hydrogens (primary N) is 1. The standard InChI is InChI=1S/C13H17N5.2ClH/c14-12-3-2-11(8-12)13-9-15-10-17(13)6-7-18-5-1-4-16-18;;/h1-2,4-5,9-10,12H,3,6-8,14H2;2*1H. The lowest BCUT2D eigenvalue weighted by Crippen LogP contribution is -2.15. The van der Waals surface area contributed by atoms with E-state index in [1.165, 1.54) is 11.3 Å². The van der Waals surface area contributed by atoms with Gasteiger partial charge in [0.15, 0.2) is 0 Å². The van der Waals surface area contributed by atoms with Crippen LogP contribution in [0.15, 0.2) is 37.1 Å². The predicted molar refractivity (Wildman–Crippen MR) is 84.1 cm³/mol. The molecule has 0 bridgehead atoms. The number of imidazole rings is 1. The molecule has 1 atom stereocenters. The molecule has 0 spiro atoms. The van der Waals surface area contributed by atoms with Gasteiger partial charge in [0.2, 0.25) is 0 Å². The highest BCUT2D eigenvalue weighted by Crippen LogP contribution is 2.26. The molecule has 1 unspecified atom stereocenters. The third-order valence-corrected chi connectivity index (χ3v) is 3.32. The van der Waals surface area contributed by atoms with Crippen LogP contribution in [0.25, 0.3) is 5.57 Å². The molecule has 0 aliphatic heterocycles. The molecule has 1 aliphatic rings. The van der Waals surface area contributed by atoms with E-state index in [9.17, 15) is 0 Å². The molecule has 2 N–H and O–H groups in total. The van der Waals surface area contributed by atoms with Crippen molar-refractivity contribution in [2.75, 3.05) is 0 Å². The summed E-state index contributed by atoms with van der Waals surface area (Å²) in [7, 11) is 0. The first kappa shape index (κ1) is 16.8. The third kappa shape index (κ3) is 3.62. The first-order valence-electron chi connectivity index (χ1n) is 6.25. The van der Waals surface area contributed by atoms with E-state index in [0.29, 0.717) is 0 Å². The monoisotopic (exact) mass is 315 g/mol. The molecule has 3 rings (SSSR count). The van der Waals surface area contributed by atoms with E-state index in [4.69, 9.17) is 5.73 Å². The second kappa shape index (κ2) is 7.47. The van der Waals surface area contributed by atoms with Gasteiger partial charge in [0.05, 0.1) is 24.8 Å². The molecular formula is C13H19Cl2N5. The topological polar surface area (TPSA) is 61.7 Å². The Morgan fingerprint density at radius 2 is 2.15 bits per heavy atom. The highest BCUT2D eigenvalue weighted by atomic mass is 35.5. The van der Waals surface area contributed by atoms with Crippen molar-refractivity contribution in [1.82, 2.24) is 19.3 Å². The lowest BCUT2D eigenvalue weighted by atomic mass is 10.1. The molecule has 7 heteroatoms. The van der Waals surface area contributed by atoms with E-state index < -0.39 is 0 Å². The lowest BCUT2D eigenvalue weighted by molar-refractivity contribution is 0.530. The number of nitrogens with zero attached hydrogens (tertiary/aromatic N) is 4. The molecule has 2 aromatic heterocycles. The SMILES string of the molecule is Cl.Cl.NC1CC=C(c2cncn2CCn2cccn2)C1. The van der Waals surface area contributed by atoms with Crippen molar-refractivity contribution in [3.05, 3.63) is 42.8 Å². The maximum Gasteiger partial charge on any atom is 0.0951 e. The summed E-state index contributed by atoms with van der Waals surface area (Å²) >= 11 is 0. The Balaban J connectivity index is 0.000001000. The maximum absolute atomic E-state index is 5.94. The van der Waals surface area contributed by atoms with Crippen LogP contribution in [0.4, 0.5) is 0 Å². The van der Waals surface area contributed by atoms with Crippen LogP contribution in [0.2, 0.25) is 0 Å². The molecule has 110 valence electrons. The minimum absolute atomic E-state index is 0. The fourth-order valence-corrected chi connectivity index (χ4v) is 2.36. The maximum atomic E-state index is 5.94. The first-order valence-corrected chi connectivity index (χ1v) is 6.25. The van der Waals surface area contributed by atoms with E-state index in [-0.39, 0.29) is 30.9 Å². The molecule has 2 aromatic rings. The summed E-state index contributed by atoms with van der Waals surface area (Å²) < 4.78 is 4.10. The summed E-state index contributed by atoms with van der Waals surface area (Å²) in [6, 6.07) is 2.21. The van der Waals surface area contributed by atoms with Crippen LogP contribution in [0.5, 0.6) is 0 Å². The van der Waals surface area contributed by atoms with Gasteiger partial charge in [-0.15, -0.1) is 24.8 Å². The average molecular weight is 316 g/mol. The quantitative estimate of drug-likeness (QED) is 0.940. The molecule has 0 radical (unpaired) electrons. The summed E-state index contributed by atoms with van der Waals surface area (Å²) in [5, 5.41) is 4.20. The molecule has 0 fully saturated rings. The predicted octanol–water partition coefficient (Wildman–Crippen LogP) is 2.13. The molecule has 0 saturated heterocycles. The van der Waals surface area contributed by atoms with Crippen molar-refractivity contribution in [3.63, 3.8) is 0 Å². The van der Waals surface area contributed by atoms with Gasteiger partial charge in [0.1, 0.15) is 0 Å². The zero-order valence-electron chi connectivity index (χ0n) is 11.1. The van der Waals surface area contributed by atoms with Gasteiger partial charge in [0.25, 0.3) is 0 Å². The number of rotatable bonds is 4. The lowest BCUT2D eigenvalue weighted by Gasteiger charge is -2.09. The smallest absolute Gasteiger partial charge is 0.0951 e. The molecular weight excluding hydrogens is 297 g/mol. The van der Waals surface area contributed by atoms with Gasteiger partial charge in [-0.2, -0.15) is 5.10 Å². The number of aromatic nitrogens is 4. The van der Waals surface area contributed by atoms with Crippen molar-refractivity contribution < 1.29 is 0 Å². The Morgan fingerprint density at radius 1 is 1.30 bits per heavy atom. The van der Waals surface area contributed by atoms with Crippen LogP contribution in [-0.2, 0) is 13.1 Å². The van der Waals surface area contributed by atoms with Crippen LogP contribution in [0.3, 0.4) is 0 Å². The number of hydrogen-bond donors (Lipinski definition) is 1. The molecule has 0 amide bonds. The largest absolute Gasteiger partial charge is 0.329 e. The van der Waals surface area contributed by atoms with Crippen molar-refractivity contribution in [3.8, 4) is 0 Å². The van der Waals surface area contributed by atoms with Gasteiger partial charge in [-0.1, -0.05) is 6.08 Å². The van der Waals surface area contributed by atoms with Gasteiger partial charge in [-0.3, -0.25) is 4.68 Å². The van der Waals surface area contributed by atoms with Crippen molar-refractivity contribution in [2.45, 2.75) is 32.0 Å². The number of halogens is 2. The molecule has 0 aromatic carbocycles. The summed E-state index contributed by atoms with van der Waals surface area (Å²) in [5.74, 6) is 0. The Hall–Kier alpha value is -1.30. The van der Waals surface area contributed by atoms with E-state index in [1.54, 1.807) is 6.20 Å². The highest BCUT2D eigenvalue weighted by Gasteiger charge is 2.17. The van der Waals surface area contributed by atoms with E-state index in [0.717, 1.165) is 25.9 Å². The van der Waals surface area contributed by atoms with Crippen molar-refractivity contribution >= 4 is 30.4 Å². The van der Waals surface area contributed by atoms with Crippen LogP contribution in [0.1, 0.15) is 18.5 Å². The third-order valence-electron chi connectivity index (χ3n) is 3.32. The fourth-order valence-electron chi connectivity index (χ4n) is 2.36. The van der Waals surface area contributed by atoms with Gasteiger partial charge >= 0.3 is 0 Å². The number of hydrogen-bond acceptors (Lipinski definition) is 3. The summed E-state index contributed by atoms with van der Waals surface area (Å²) in [5.41, 5.74) is 8.45. The minimum atomic E-state index is 0. The second-order valence-electron chi connectivity index (χ2n) is 4.67. The molecule has 0 saturated carbocycles. The Bertz CT molecular complexity index is 547. The van der Waals surface area contributed by atoms with E-state index >= 15 is 0 Å². The Morgan fingerprint density at radius 3 is 2.80 bits per heavy atom. The highest BCUT2D eigenvalue weighted by molar-refractivity contribution is 5.85. The number of aryl methyl sites for hydroxylation is 2. The van der Waals surface area contributed by atoms with Gasteiger partial charge < -0.3 is 10.3 Å². The zero-order valence-corrected chi connectivity index (χ0v) is 12.7. The fraction of sp³-hybridized carbons (Fsp3) is 0.385. The Labute approximate surface area is 130 Å². The van der Waals surface area contributed by atoms with Crippen molar-refractivity contribution in [2.24, 2.45) is 5.73 Å². The van der Waals surface area contributed by atoms with Gasteiger partial charge in [-0.25, -0.2) is 4.98 Å². The summed E-state index contributed by atoms with van der Waals surface area (Å²) in [6.45, 7) is 1.74. The van der Waals surface area contributed by atoms with E-state index in [1.807, 2.05) is 29.5 Å². The normalized spacial score (nSPS) is 17.2. The molecule has 1 aliphatic carbocycles. The Kier molecular flexibility index (Phi) is 6.26. The van der Waals surface area contributed by atoms with Crippen LogP contribution >= 0.6 is 24.8 Å². The zero-order chi connectivity index (χ0) is 12.4. The van der Waals surface area contributed by atoms with Crippen LogP contribution in [0, 0.1) is 0 Å². The second-order valence-corrected chi connectivity index (χ2v) is 4.67. The van der Waals surface area contributed by atoms with Crippen LogP contribution < -0.4 is 5.73 Å². The van der Waals surface area contributed by atoms with Crippen molar-refractivity contribution in [1.29, 1.82) is 0 Å². The molecule has 2 heterocycles. The summed E-state index contributed by atoms with van der Waals surface area (Å²) in [6.07, 6.45) is 11.7. The molecule has 5 nitrogen and oxygen atoms in total. The minimum Gasteiger partial charge on any atom is -0.329 e. The first-order chi connectivity index (χ1) is 8.83. The average Bonchev–Trinajstić information content (AvgIpc) is 3.07. The summed E-state index contributed by atoms with van der Waals surface area (Å²) in [4.78, 5) is 4.24. The van der Waals surface area contributed by atoms with E-state index in [2.05, 4.69) is 20.7 Å². The molecule has 20 heavy (non-hydrogen) atoms. The van der Waals surface area contributed by atoms with Gasteiger partial charge in [-0.05, 0) is 24.5 Å². The van der Waals surface area contributed by atoms with Crippen LogP contribution in [-0.4, -0.2) is 25.4 Å².